The van der Waals surface area contributed by atoms with Gasteiger partial charge in [-0.2, -0.15) is 0 Å². The van der Waals surface area contributed by atoms with E-state index in [9.17, 15) is 39.0 Å². The van der Waals surface area contributed by atoms with Gasteiger partial charge in [-0.3, -0.25) is 33.7 Å². The zero-order valence-electron chi connectivity index (χ0n) is 20.4. The molecule has 2 fully saturated rings. The van der Waals surface area contributed by atoms with Gasteiger partial charge >= 0.3 is 0 Å². The SMILES string of the molecule is CCC(=O)CCc1ccc(O)c2c1C[C@@H]1C[C@@H]3[C@@H](N(C)C)C(=O)C(C(N)=O)C(=O)[C@]3(O)C(=O)C1C2=O. The van der Waals surface area contributed by atoms with E-state index in [2.05, 4.69) is 0 Å². The first kappa shape index (κ1) is 25.8. The summed E-state index contributed by atoms with van der Waals surface area (Å²) in [5.74, 6) is -10.6. The molecule has 0 bridgehead atoms. The summed E-state index contributed by atoms with van der Waals surface area (Å²) in [6.45, 7) is 1.76. The number of fused-ring (bicyclic) bond motifs is 3. The Morgan fingerprint density at radius 3 is 2.39 bits per heavy atom. The highest BCUT2D eigenvalue weighted by molar-refractivity contribution is 6.32. The maximum Gasteiger partial charge on any atom is 0.235 e. The number of primary amides is 1. The van der Waals surface area contributed by atoms with Crippen molar-refractivity contribution in [2.45, 2.75) is 50.7 Å². The van der Waals surface area contributed by atoms with Crippen molar-refractivity contribution in [2.75, 3.05) is 14.1 Å². The summed E-state index contributed by atoms with van der Waals surface area (Å²) < 4.78 is 0. The van der Waals surface area contributed by atoms with Crippen LogP contribution in [0.5, 0.6) is 5.75 Å². The normalized spacial score (nSPS) is 31.6. The molecule has 0 radical (unpaired) electrons. The number of Topliss-reactive ketones (excluding diaryl/α,β-unsaturated/α-hetero) is 5. The number of aliphatic hydroxyl groups is 1. The minimum atomic E-state index is -2.74. The number of carbonyl (C=O) groups is 6. The molecule has 1 amide bonds. The third-order valence-corrected chi connectivity index (χ3v) is 8.11. The average molecular weight is 499 g/mol. The van der Waals surface area contributed by atoms with Gasteiger partial charge in [0.05, 0.1) is 17.5 Å². The Morgan fingerprint density at radius 2 is 1.81 bits per heavy atom. The summed E-state index contributed by atoms with van der Waals surface area (Å²) >= 11 is 0. The topological polar surface area (TPSA) is 172 Å². The van der Waals surface area contributed by atoms with Gasteiger partial charge in [0.1, 0.15) is 11.5 Å². The monoisotopic (exact) mass is 498 g/mol. The third kappa shape index (κ3) is 3.62. The summed E-state index contributed by atoms with van der Waals surface area (Å²) in [5.41, 5.74) is 3.76. The lowest BCUT2D eigenvalue weighted by Gasteiger charge is -2.52. The van der Waals surface area contributed by atoms with E-state index in [0.29, 0.717) is 24.0 Å². The largest absolute Gasteiger partial charge is 0.507 e. The quantitative estimate of drug-likeness (QED) is 0.448. The Morgan fingerprint density at radius 1 is 1.14 bits per heavy atom. The lowest BCUT2D eigenvalue weighted by atomic mass is 9.52. The van der Waals surface area contributed by atoms with Gasteiger partial charge in [0.25, 0.3) is 0 Å². The predicted molar refractivity (Wildman–Crippen MR) is 125 cm³/mol. The van der Waals surface area contributed by atoms with Gasteiger partial charge in [0.2, 0.25) is 5.91 Å². The summed E-state index contributed by atoms with van der Waals surface area (Å²) in [6, 6.07) is 1.85. The first-order chi connectivity index (χ1) is 16.9. The van der Waals surface area contributed by atoms with Crippen LogP contribution in [0.1, 0.15) is 47.7 Å². The minimum Gasteiger partial charge on any atom is -0.507 e. The van der Waals surface area contributed by atoms with Gasteiger partial charge in [-0.25, -0.2) is 0 Å². The Bertz CT molecular complexity index is 1200. The molecule has 1 aromatic rings. The molecule has 2 saturated carbocycles. The van der Waals surface area contributed by atoms with Gasteiger partial charge < -0.3 is 15.9 Å². The molecule has 6 atom stereocenters. The van der Waals surface area contributed by atoms with Crippen molar-refractivity contribution in [1.29, 1.82) is 0 Å². The molecular weight excluding hydrogens is 468 g/mol. The minimum absolute atomic E-state index is 0.00706. The van der Waals surface area contributed by atoms with Crippen LogP contribution < -0.4 is 5.73 Å². The molecule has 10 nitrogen and oxygen atoms in total. The second-order valence-corrected chi connectivity index (χ2v) is 10.3. The number of amides is 1. The van der Waals surface area contributed by atoms with Crippen molar-refractivity contribution in [3.05, 3.63) is 28.8 Å². The zero-order valence-corrected chi connectivity index (χ0v) is 20.4. The van der Waals surface area contributed by atoms with Gasteiger partial charge in [-0.05, 0) is 56.5 Å². The van der Waals surface area contributed by atoms with E-state index >= 15 is 0 Å². The van der Waals surface area contributed by atoms with E-state index in [1.807, 2.05) is 0 Å². The van der Waals surface area contributed by atoms with Crippen molar-refractivity contribution in [3.63, 3.8) is 0 Å². The number of aromatic hydroxyl groups is 1. The molecular formula is C26H30N2O8. The molecule has 36 heavy (non-hydrogen) atoms. The maximum absolute atomic E-state index is 13.7. The van der Waals surface area contributed by atoms with Crippen molar-refractivity contribution < 1.29 is 39.0 Å². The summed E-state index contributed by atoms with van der Waals surface area (Å²) in [7, 11) is 3.07. The number of nitrogens with two attached hydrogens (primary N) is 1. The van der Waals surface area contributed by atoms with Crippen LogP contribution in [0.4, 0.5) is 0 Å². The summed E-state index contributed by atoms with van der Waals surface area (Å²) in [5, 5.41) is 22.1. The molecule has 0 aromatic heterocycles. The van der Waals surface area contributed by atoms with E-state index in [0.717, 1.165) is 0 Å². The molecule has 1 aromatic carbocycles. The van der Waals surface area contributed by atoms with E-state index < -0.39 is 64.4 Å². The number of phenolic OH excluding ortho intramolecular Hbond substituents is 1. The Labute approximate surface area is 207 Å². The van der Waals surface area contributed by atoms with Crippen LogP contribution in [0.15, 0.2) is 12.1 Å². The Balaban J connectivity index is 1.81. The number of likely N-dealkylation sites (N-methyl/N-ethyl adjacent to an activating group) is 1. The summed E-state index contributed by atoms with van der Waals surface area (Å²) in [4.78, 5) is 79.0. The van der Waals surface area contributed by atoms with Crippen molar-refractivity contribution in [2.24, 2.45) is 29.4 Å². The van der Waals surface area contributed by atoms with Crippen LogP contribution in [0.2, 0.25) is 0 Å². The number of hydrogen-bond donors (Lipinski definition) is 3. The second kappa shape index (κ2) is 9.01. The fourth-order valence-electron chi connectivity index (χ4n) is 6.35. The highest BCUT2D eigenvalue weighted by atomic mass is 16.3. The molecule has 0 saturated heterocycles. The van der Waals surface area contributed by atoms with Gasteiger partial charge in [-0.1, -0.05) is 13.0 Å². The lowest BCUT2D eigenvalue weighted by Crippen LogP contribution is -2.74. The summed E-state index contributed by atoms with van der Waals surface area (Å²) in [6.07, 6.45) is 1.18. The number of aryl methyl sites for hydroxylation is 1. The van der Waals surface area contributed by atoms with Crippen LogP contribution in [0.25, 0.3) is 0 Å². The number of ketones is 5. The highest BCUT2D eigenvalue weighted by Gasteiger charge is 2.69. The van der Waals surface area contributed by atoms with Crippen molar-refractivity contribution >= 4 is 34.8 Å². The number of benzene rings is 1. The van der Waals surface area contributed by atoms with Crippen LogP contribution in [-0.2, 0) is 36.8 Å². The first-order valence-electron chi connectivity index (χ1n) is 12.1. The number of carbonyl (C=O) groups excluding carboxylic acids is 6. The number of phenols is 1. The fourth-order valence-corrected chi connectivity index (χ4v) is 6.35. The maximum atomic E-state index is 13.7. The molecule has 10 heteroatoms. The molecule has 0 spiro atoms. The Kier molecular flexibility index (Phi) is 6.47. The molecule has 4 N–H and O–H groups in total. The van der Waals surface area contributed by atoms with Crippen LogP contribution in [0.3, 0.4) is 0 Å². The van der Waals surface area contributed by atoms with E-state index in [4.69, 9.17) is 5.73 Å². The predicted octanol–water partition coefficient (Wildman–Crippen LogP) is -0.221. The van der Waals surface area contributed by atoms with Crippen LogP contribution in [0, 0.1) is 23.7 Å². The number of rotatable bonds is 6. The number of hydrogen-bond acceptors (Lipinski definition) is 9. The molecule has 0 aliphatic heterocycles. The van der Waals surface area contributed by atoms with Crippen molar-refractivity contribution in [1.82, 2.24) is 4.90 Å². The smallest absolute Gasteiger partial charge is 0.235 e. The van der Waals surface area contributed by atoms with Gasteiger partial charge in [0, 0.05) is 18.8 Å². The van der Waals surface area contributed by atoms with Crippen molar-refractivity contribution in [3.8, 4) is 5.75 Å². The lowest BCUT2D eigenvalue weighted by molar-refractivity contribution is -0.181. The molecule has 2 unspecified atom stereocenters. The zero-order chi connectivity index (χ0) is 26.7. The average Bonchev–Trinajstić information content (AvgIpc) is 2.80. The van der Waals surface area contributed by atoms with E-state index in [-0.39, 0.29) is 36.4 Å². The fraction of sp³-hybridized carbons (Fsp3) is 0.538. The van der Waals surface area contributed by atoms with E-state index in [1.165, 1.54) is 25.1 Å². The third-order valence-electron chi connectivity index (χ3n) is 8.11. The highest BCUT2D eigenvalue weighted by Crippen LogP contribution is 2.51. The van der Waals surface area contributed by atoms with E-state index in [1.54, 1.807) is 13.0 Å². The van der Waals surface area contributed by atoms with Gasteiger partial charge in [0.15, 0.2) is 34.7 Å². The molecule has 3 aliphatic rings. The number of nitrogens with zero attached hydrogens (tertiary/aromatic N) is 1. The van der Waals surface area contributed by atoms with Gasteiger partial charge in [-0.15, -0.1) is 0 Å². The first-order valence-corrected chi connectivity index (χ1v) is 12.1. The standard InChI is InChI=1S/C26H30N2O8/c1-4-13(29)7-5-11-6-8-16(30)18-14(11)9-12-10-15-20(28(2)3)22(32)19(25(27)35)24(34)26(15,36)23(33)17(12)21(18)31/h6,8,12,15,17,19-20,30,36H,4-5,7,9-10H2,1-3H3,(H2,27,35)/t12-,15-,17?,19?,20-,26-/m1/s1. The second-order valence-electron chi connectivity index (χ2n) is 10.3. The molecule has 0 heterocycles. The molecule has 4 rings (SSSR count). The molecule has 192 valence electrons. The Hall–Kier alpha value is -3.24. The molecule has 3 aliphatic carbocycles. The van der Waals surface area contributed by atoms with Crippen LogP contribution in [-0.4, -0.2) is 75.7 Å². The van der Waals surface area contributed by atoms with Crippen LogP contribution >= 0.6 is 0 Å².